The van der Waals surface area contributed by atoms with Crippen LogP contribution in [0.2, 0.25) is 0 Å². The van der Waals surface area contributed by atoms with Crippen LogP contribution in [0.5, 0.6) is 11.5 Å². The predicted molar refractivity (Wildman–Crippen MR) is 183 cm³/mol. The first-order valence-electron chi connectivity index (χ1n) is 17.2. The molecule has 3 aliphatic rings. The molecular weight excluding hydrogens is 612 g/mol. The zero-order valence-corrected chi connectivity index (χ0v) is 28.6. The Kier molecular flexibility index (Phi) is 11.8. The third kappa shape index (κ3) is 7.39. The average molecular weight is 665 g/mol. The van der Waals surface area contributed by atoms with Gasteiger partial charge in [0.25, 0.3) is 0 Å². The lowest BCUT2D eigenvalue weighted by Crippen LogP contribution is -2.63. The second-order valence-corrected chi connectivity index (χ2v) is 13.9. The van der Waals surface area contributed by atoms with Gasteiger partial charge in [-0.25, -0.2) is 4.68 Å². The maximum absolute atomic E-state index is 10.4. The molecule has 0 spiro atoms. The lowest BCUT2D eigenvalue weighted by atomic mass is 9.55. The predicted octanol–water partition coefficient (Wildman–Crippen LogP) is 5.64. The average Bonchev–Trinajstić information content (AvgIpc) is 3.55. The molecule has 0 bridgehead atoms. The summed E-state index contributed by atoms with van der Waals surface area (Å²) in [6.45, 7) is 14.3. The Morgan fingerprint density at radius 3 is 2.50 bits per heavy atom. The molecule has 1 fully saturated rings. The molecule has 0 saturated heterocycles. The molecule has 0 radical (unpaired) electrons. The van der Waals surface area contributed by atoms with Crippen molar-refractivity contribution in [3.05, 3.63) is 72.6 Å². The summed E-state index contributed by atoms with van der Waals surface area (Å²) in [6.07, 6.45) is 12.6. The summed E-state index contributed by atoms with van der Waals surface area (Å²) in [6, 6.07) is 5.36. The molecule has 3 N–H and O–H groups in total. The minimum atomic E-state index is -1.27. The van der Waals surface area contributed by atoms with Crippen LogP contribution >= 0.6 is 0 Å². The molecule has 262 valence electrons. The van der Waals surface area contributed by atoms with Crippen LogP contribution < -0.4 is 9.47 Å². The molecule has 2 heterocycles. The van der Waals surface area contributed by atoms with E-state index in [0.29, 0.717) is 30.9 Å². The van der Waals surface area contributed by atoms with E-state index in [9.17, 15) is 15.3 Å². The van der Waals surface area contributed by atoms with Crippen molar-refractivity contribution in [1.29, 1.82) is 0 Å². The summed E-state index contributed by atoms with van der Waals surface area (Å²) in [5.41, 5.74) is 2.79. The van der Waals surface area contributed by atoms with E-state index < -0.39 is 17.4 Å². The number of rotatable bonds is 17. The van der Waals surface area contributed by atoms with E-state index in [0.717, 1.165) is 54.7 Å². The number of hydrogen-bond donors (Lipinski definition) is 3. The van der Waals surface area contributed by atoms with Crippen molar-refractivity contribution >= 4 is 5.71 Å². The van der Waals surface area contributed by atoms with Gasteiger partial charge >= 0.3 is 0 Å². The molecule has 2 aromatic rings. The van der Waals surface area contributed by atoms with Crippen LogP contribution in [-0.4, -0.2) is 73.8 Å². The number of fused-ring (bicyclic) bond motifs is 2. The molecular formula is C37H52N4O7. The fraction of sp³-hybridized carbons (Fsp3) is 0.595. The molecule has 1 saturated carbocycles. The topological polar surface area (TPSA) is 141 Å². The molecule has 2 aliphatic carbocycles. The molecule has 48 heavy (non-hydrogen) atoms. The molecule has 5 rings (SSSR count). The fourth-order valence-corrected chi connectivity index (χ4v) is 7.66. The monoisotopic (exact) mass is 664 g/mol. The lowest BCUT2D eigenvalue weighted by molar-refractivity contribution is -0.252. The van der Waals surface area contributed by atoms with Crippen molar-refractivity contribution in [2.75, 3.05) is 26.4 Å². The molecule has 1 aliphatic heterocycles. The first kappa shape index (κ1) is 35.8. The Morgan fingerprint density at radius 2 is 1.81 bits per heavy atom. The van der Waals surface area contributed by atoms with Gasteiger partial charge in [-0.1, -0.05) is 48.0 Å². The minimum absolute atomic E-state index is 0.104. The fourth-order valence-electron chi connectivity index (χ4n) is 7.66. The highest BCUT2D eigenvalue weighted by Gasteiger charge is 2.65. The van der Waals surface area contributed by atoms with Gasteiger partial charge in [0.15, 0.2) is 0 Å². The second-order valence-electron chi connectivity index (χ2n) is 13.9. The van der Waals surface area contributed by atoms with Crippen molar-refractivity contribution in [2.24, 2.45) is 22.9 Å². The number of hydrogen-bond acceptors (Lipinski definition) is 10. The van der Waals surface area contributed by atoms with E-state index in [4.69, 9.17) is 24.2 Å². The summed E-state index contributed by atoms with van der Waals surface area (Å²) in [5.74, 6) is -0.0272. The van der Waals surface area contributed by atoms with Gasteiger partial charge in [0.1, 0.15) is 29.7 Å². The number of unbranched alkanes of at least 4 members (excludes halogenated alkanes) is 2. The largest absolute Gasteiger partial charge is 0.490 e. The van der Waals surface area contributed by atoms with Crippen molar-refractivity contribution in [3.8, 4) is 11.5 Å². The highest BCUT2D eigenvalue weighted by molar-refractivity contribution is 6.02. The van der Waals surface area contributed by atoms with Crippen LogP contribution in [0.4, 0.5) is 0 Å². The normalized spacial score (nSPS) is 27.0. The van der Waals surface area contributed by atoms with Gasteiger partial charge in [-0.15, -0.1) is 11.7 Å². The Balaban J connectivity index is 1.80. The molecule has 1 aromatic heterocycles. The van der Waals surface area contributed by atoms with E-state index in [1.54, 1.807) is 23.0 Å². The Hall–Kier alpha value is -3.51. The van der Waals surface area contributed by atoms with Gasteiger partial charge in [0.2, 0.25) is 5.79 Å². The van der Waals surface area contributed by atoms with Gasteiger partial charge in [0, 0.05) is 31.1 Å². The number of aliphatic hydroxyl groups is 3. The Labute approximate surface area is 283 Å². The lowest BCUT2D eigenvalue weighted by Gasteiger charge is -2.58. The van der Waals surface area contributed by atoms with Crippen LogP contribution in [-0.2, 0) is 16.2 Å². The van der Waals surface area contributed by atoms with E-state index in [-0.39, 0.29) is 50.1 Å². The molecule has 0 unspecified atom stereocenters. The number of ether oxygens (including phenoxy) is 3. The second kappa shape index (κ2) is 15.8. The van der Waals surface area contributed by atoms with Gasteiger partial charge in [-0.2, -0.15) is 0 Å². The molecule has 11 heteroatoms. The zero-order valence-electron chi connectivity index (χ0n) is 28.6. The third-order valence-corrected chi connectivity index (χ3v) is 9.55. The van der Waals surface area contributed by atoms with Crippen LogP contribution in [0.3, 0.4) is 0 Å². The number of allylic oxidation sites excluding steroid dienone is 1. The quantitative estimate of drug-likeness (QED) is 0.111. The maximum atomic E-state index is 10.4. The van der Waals surface area contributed by atoms with E-state index in [1.807, 2.05) is 32.9 Å². The highest BCUT2D eigenvalue weighted by Crippen LogP contribution is 2.63. The standard InChI is InChI=1S/C37H52N4O7/c1-6-18-45-27-14-15-32-30(21-27)34-28(13-9-11-17-43)25(12-8-10-16-42)20-29-31(39-48-36(3,4)5)22-33(41-26(24-44)23-38-40-41)37(47-32,35(29)34)46-19-7-2/h6-7,14-15,20-21,23,25,28,33-35,42-44H,1-2,8-13,16-19,22,24H2,3-5H3/t25-,28+,33-,34+,35+,37+/m0/s1. The summed E-state index contributed by atoms with van der Waals surface area (Å²) in [7, 11) is 0. The molecule has 0 amide bonds. The van der Waals surface area contributed by atoms with Crippen molar-refractivity contribution in [2.45, 2.75) is 95.7 Å². The summed E-state index contributed by atoms with van der Waals surface area (Å²) in [5, 5.41) is 43.3. The van der Waals surface area contributed by atoms with Crippen molar-refractivity contribution in [3.63, 3.8) is 0 Å². The first-order valence-corrected chi connectivity index (χ1v) is 17.2. The number of aromatic nitrogens is 3. The minimum Gasteiger partial charge on any atom is -0.490 e. The zero-order chi connectivity index (χ0) is 34.3. The summed E-state index contributed by atoms with van der Waals surface area (Å²) in [4.78, 5) is 6.11. The smallest absolute Gasteiger partial charge is 0.241 e. The molecule has 1 aromatic carbocycles. The van der Waals surface area contributed by atoms with Crippen LogP contribution in [0.15, 0.2) is 66.5 Å². The van der Waals surface area contributed by atoms with E-state index >= 15 is 0 Å². The van der Waals surface area contributed by atoms with Crippen molar-refractivity contribution in [1.82, 2.24) is 15.0 Å². The Morgan fingerprint density at radius 1 is 1.06 bits per heavy atom. The highest BCUT2D eigenvalue weighted by atomic mass is 16.7. The number of oxime groups is 1. The van der Waals surface area contributed by atoms with Gasteiger partial charge < -0.3 is 34.4 Å². The number of benzene rings is 1. The molecule has 11 nitrogen and oxygen atoms in total. The third-order valence-electron chi connectivity index (χ3n) is 9.55. The molecule has 6 atom stereocenters. The van der Waals surface area contributed by atoms with Gasteiger partial charge in [-0.05, 0) is 82.1 Å². The SMILES string of the molecule is C=CCOc1ccc2c(c1)[C@H]1[C@H](CCCCO)[C@@H](CCCCO)C=C3C(=NOC(C)(C)C)C[C@H](n4nncc4CO)[C@@](OCC=C)(O2)[C@H]31. The van der Waals surface area contributed by atoms with Crippen molar-refractivity contribution < 1.29 is 34.4 Å². The van der Waals surface area contributed by atoms with E-state index in [1.165, 1.54) is 0 Å². The van der Waals surface area contributed by atoms with Gasteiger partial charge in [-0.3, -0.25) is 0 Å². The summed E-state index contributed by atoms with van der Waals surface area (Å²) < 4.78 is 21.8. The van der Waals surface area contributed by atoms with Crippen LogP contribution in [0, 0.1) is 17.8 Å². The summed E-state index contributed by atoms with van der Waals surface area (Å²) >= 11 is 0. The van der Waals surface area contributed by atoms with Gasteiger partial charge in [0.05, 0.1) is 36.7 Å². The maximum Gasteiger partial charge on any atom is 0.241 e. The first-order chi connectivity index (χ1) is 23.2. The van der Waals surface area contributed by atoms with Crippen LogP contribution in [0.25, 0.3) is 0 Å². The Bertz CT molecular complexity index is 1460. The van der Waals surface area contributed by atoms with E-state index in [2.05, 4.69) is 35.6 Å². The number of aliphatic hydroxyl groups excluding tert-OH is 3. The van der Waals surface area contributed by atoms with Crippen LogP contribution in [0.1, 0.15) is 88.9 Å². The number of nitrogens with zero attached hydrogens (tertiary/aromatic N) is 4.